The first-order chi connectivity index (χ1) is 2.91. The van der Waals surface area contributed by atoms with Crippen LogP contribution in [0.25, 0.3) is 0 Å². The van der Waals surface area contributed by atoms with Gasteiger partial charge in [0, 0.05) is 158 Å². The Labute approximate surface area is 153 Å². The second-order valence-corrected chi connectivity index (χ2v) is 19.1. The molecule has 9 heavy (non-hydrogen) atoms. The number of hydrogen-bond acceptors (Lipinski definition) is 0. The van der Waals surface area contributed by atoms with Crippen molar-refractivity contribution in [3.63, 3.8) is 0 Å². The summed E-state index contributed by atoms with van der Waals surface area (Å²) in [5.41, 5.74) is 0. The van der Waals surface area contributed by atoms with Crippen molar-refractivity contribution in [2.45, 2.75) is 0 Å². The van der Waals surface area contributed by atoms with Crippen molar-refractivity contribution in [2.75, 3.05) is 0 Å². The van der Waals surface area contributed by atoms with Crippen LogP contribution in [0.1, 0.15) is 0 Å². The minimum absolute atomic E-state index is 0. The van der Waals surface area contributed by atoms with E-state index < -0.39 is 0 Å². The maximum atomic E-state index is 2.23. The van der Waals surface area contributed by atoms with Crippen molar-refractivity contribution in [3.8, 4) is 0 Å². The Balaban J connectivity index is -0.00000000990. The Kier molecular flexibility index (Phi) is 120. The molecule has 0 aliphatic heterocycles. The molecule has 0 aliphatic rings. The first-order valence-corrected chi connectivity index (χ1v) is 18.0. The van der Waals surface area contributed by atoms with Gasteiger partial charge in [0.05, 0.1) is 0 Å². The Morgan fingerprint density at radius 2 is 0.778 bits per heavy atom. The first-order valence-electron chi connectivity index (χ1n) is 2.00. The van der Waals surface area contributed by atoms with Crippen molar-refractivity contribution >= 4 is 158 Å². The third kappa shape index (κ3) is 40.3. The van der Waals surface area contributed by atoms with Crippen LogP contribution in [0.5, 0.6) is 0 Å². The fraction of sp³-hybridized carbons (Fsp3) is 0. The van der Waals surface area contributed by atoms with Crippen molar-refractivity contribution in [1.29, 1.82) is 0 Å². The fourth-order valence-corrected chi connectivity index (χ4v) is 0. The molecular weight excluding hydrogens is 355 g/mol. The van der Waals surface area contributed by atoms with Gasteiger partial charge in [0.1, 0.15) is 0 Å². The second-order valence-electron chi connectivity index (χ2n) is 0.707. The molecule has 13 radical (unpaired) electrons. The zero-order valence-corrected chi connectivity index (χ0v) is 21.7. The normalized spacial score (nSPS) is 1.33. The first kappa shape index (κ1) is 29.6. The monoisotopic (exact) mass is 351 g/mol. The van der Waals surface area contributed by atoms with E-state index in [9.17, 15) is 0 Å². The standard InChI is InChI=1S/3Ga.6Mg. The van der Waals surface area contributed by atoms with Crippen LogP contribution in [0.4, 0.5) is 0 Å². The molecule has 0 aromatic carbocycles. The summed E-state index contributed by atoms with van der Waals surface area (Å²) in [6.45, 7) is 0. The average molecular weight is 355 g/mol. The van der Waals surface area contributed by atoms with Crippen molar-refractivity contribution in [3.05, 3.63) is 0 Å². The summed E-state index contributed by atoms with van der Waals surface area (Å²) in [7, 11) is 0. The topological polar surface area (TPSA) is 0 Å². The molecular formula is Ga3Mg6. The van der Waals surface area contributed by atoms with E-state index in [-0.39, 0.29) is 59.4 Å². The summed E-state index contributed by atoms with van der Waals surface area (Å²) >= 11 is 9.44. The molecule has 0 saturated carbocycles. The molecule has 21 valence electrons. The summed E-state index contributed by atoms with van der Waals surface area (Å²) in [5.74, 6) is 0. The maximum Gasteiger partial charge on any atom is 0 e. The van der Waals surface area contributed by atoms with E-state index in [1.807, 2.05) is 36.1 Å². The molecule has 0 rings (SSSR count). The number of hydrogen-bond donors (Lipinski definition) is 0. The van der Waals surface area contributed by atoms with Gasteiger partial charge in [-0.1, -0.05) is 0 Å². The van der Waals surface area contributed by atoms with Gasteiger partial charge in [0.25, 0.3) is 0 Å². The second kappa shape index (κ2) is 36.6. The van der Waals surface area contributed by atoms with Crippen LogP contribution >= 0.6 is 0 Å². The summed E-state index contributed by atoms with van der Waals surface area (Å²) in [6, 6.07) is 0. The molecule has 0 nitrogen and oxygen atoms in total. The Morgan fingerprint density at radius 3 is 0.778 bits per heavy atom. The fourth-order valence-electron chi connectivity index (χ4n) is 0. The summed E-state index contributed by atoms with van der Waals surface area (Å²) in [5, 5.41) is 0. The van der Waals surface area contributed by atoms with E-state index in [0.717, 1.165) is 0 Å². The predicted molar refractivity (Wildman–Crippen MR) is 51.8 cm³/mol. The molecule has 0 aromatic rings. The van der Waals surface area contributed by atoms with Gasteiger partial charge in [-0.25, -0.2) is 0 Å². The molecule has 0 heterocycles. The summed E-state index contributed by atoms with van der Waals surface area (Å²) < 4.78 is 0. The van der Waals surface area contributed by atoms with E-state index in [1.165, 1.54) is 0 Å². The Bertz CT molecular complexity index is 10.3. The van der Waals surface area contributed by atoms with Gasteiger partial charge < -0.3 is 0 Å². The van der Waals surface area contributed by atoms with E-state index >= 15 is 0 Å². The molecule has 0 N–H and O–H groups in total. The Morgan fingerprint density at radius 1 is 0.667 bits per heavy atom. The van der Waals surface area contributed by atoms with Crippen LogP contribution in [-0.4, -0.2) is 158 Å². The van der Waals surface area contributed by atoms with Crippen molar-refractivity contribution < 1.29 is 0 Å². The zero-order valence-electron chi connectivity index (χ0n) is 5.97. The number of rotatable bonds is 1. The van der Waals surface area contributed by atoms with Crippen LogP contribution in [-0.2, 0) is 0 Å². The quantitative estimate of drug-likeness (QED) is 0.430. The minimum atomic E-state index is 0. The predicted octanol–water partition coefficient (Wildman–Crippen LogP) is -3.43. The molecule has 0 atom stereocenters. The van der Waals surface area contributed by atoms with Crippen molar-refractivity contribution in [2.24, 2.45) is 0 Å². The van der Waals surface area contributed by atoms with Gasteiger partial charge >= 0.3 is 0 Å². The van der Waals surface area contributed by atoms with Gasteiger partial charge in [0.2, 0.25) is 0 Å². The molecule has 0 aliphatic carbocycles. The molecule has 0 spiro atoms. The van der Waals surface area contributed by atoms with E-state index in [2.05, 4.69) is 36.1 Å². The maximum absolute atomic E-state index is 2.23. The van der Waals surface area contributed by atoms with Gasteiger partial charge in [-0.2, -0.15) is 0 Å². The molecule has 0 aromatic heterocycles. The molecule has 0 saturated heterocycles. The average Bonchev–Trinajstić information content (AvgIpc) is 1.72. The molecule has 0 unspecified atom stereocenters. The third-order valence-electron chi connectivity index (χ3n) is 0.250. The van der Waals surface area contributed by atoms with Crippen LogP contribution in [0.15, 0.2) is 0 Å². The summed E-state index contributed by atoms with van der Waals surface area (Å²) in [4.78, 5) is 0. The van der Waals surface area contributed by atoms with Crippen molar-refractivity contribution in [1.82, 2.24) is 0 Å². The van der Waals surface area contributed by atoms with Crippen LogP contribution in [0.3, 0.4) is 0 Å². The van der Waals surface area contributed by atoms with Gasteiger partial charge in [-0.3, -0.25) is 0 Å². The summed E-state index contributed by atoms with van der Waals surface area (Å²) in [6.07, 6.45) is 0. The minimum Gasteiger partial charge on any atom is 0 e. The largest absolute Gasteiger partial charge is 0 e. The van der Waals surface area contributed by atoms with Crippen LogP contribution < -0.4 is 0 Å². The third-order valence-corrected chi connectivity index (χ3v) is 20.2. The van der Waals surface area contributed by atoms with E-state index in [4.69, 9.17) is 0 Å². The van der Waals surface area contributed by atoms with E-state index in [1.54, 1.807) is 0 Å². The SMILES string of the molecule is [Ga].[Ga].[Ga].[Mg][Mg].[Mg][Mg][Mg][Mg]. The molecule has 0 fully saturated rings. The van der Waals surface area contributed by atoms with Gasteiger partial charge in [-0.05, 0) is 0 Å². The van der Waals surface area contributed by atoms with Gasteiger partial charge in [-0.15, -0.1) is 0 Å². The molecule has 0 bridgehead atoms. The molecule has 9 heteroatoms. The molecule has 0 amide bonds. The van der Waals surface area contributed by atoms with E-state index in [0.29, 0.717) is 26.1 Å². The van der Waals surface area contributed by atoms with Crippen LogP contribution in [0.2, 0.25) is 0 Å². The van der Waals surface area contributed by atoms with Gasteiger partial charge in [0.15, 0.2) is 0 Å². The van der Waals surface area contributed by atoms with Crippen LogP contribution in [0, 0.1) is 0 Å². The zero-order chi connectivity index (χ0) is 5.41. The smallest absolute Gasteiger partial charge is 0 e. The Hall–Kier alpha value is 6.51.